The molecule has 0 aliphatic heterocycles. The second-order valence-corrected chi connectivity index (χ2v) is 1.10. The Balaban J connectivity index is -0.0000000112. The fraction of sp³-hybridized carbons (Fsp3) is 0.750. The monoisotopic (exact) mass is 168 g/mol. The van der Waals surface area contributed by atoms with E-state index < -0.39 is 5.97 Å². The molecule has 0 unspecified atom stereocenters. The van der Waals surface area contributed by atoms with Crippen LogP contribution < -0.4 is 70.6 Å². The van der Waals surface area contributed by atoms with E-state index in [1.54, 1.807) is 0 Å². The van der Waals surface area contributed by atoms with E-state index >= 15 is 0 Å². The van der Waals surface area contributed by atoms with E-state index in [2.05, 4.69) is 0 Å². The van der Waals surface area contributed by atoms with E-state index in [0.29, 0.717) is 13.1 Å². The van der Waals surface area contributed by atoms with E-state index in [0.717, 1.165) is 6.92 Å². The Morgan fingerprint density at radius 2 is 1.50 bits per heavy atom. The predicted octanol–water partition coefficient (Wildman–Crippen LogP) is -6.77. The van der Waals surface area contributed by atoms with Crippen molar-refractivity contribution in [2.75, 3.05) is 13.1 Å². The van der Waals surface area contributed by atoms with Crippen LogP contribution in [0.2, 0.25) is 0 Å². The van der Waals surface area contributed by atoms with Crippen molar-refractivity contribution in [3.8, 4) is 0 Å². The largest absolute Gasteiger partial charge is 1.00 e. The second-order valence-electron chi connectivity index (χ2n) is 1.10. The van der Waals surface area contributed by atoms with Crippen molar-refractivity contribution in [1.29, 1.82) is 0 Å². The molecule has 0 aliphatic rings. The summed E-state index contributed by atoms with van der Waals surface area (Å²) < 4.78 is 0. The molecule has 10 heavy (non-hydrogen) atoms. The second kappa shape index (κ2) is 22.4. The maximum absolute atomic E-state index is 9.00. The van der Waals surface area contributed by atoms with Gasteiger partial charge in [-0.3, -0.25) is 4.79 Å². The Bertz CT molecular complexity index is 65.0. The van der Waals surface area contributed by atoms with Gasteiger partial charge in [0.25, 0.3) is 5.97 Å². The summed E-state index contributed by atoms with van der Waals surface area (Å²) >= 11 is 0. The number of rotatable bonds is 1. The van der Waals surface area contributed by atoms with Gasteiger partial charge in [-0.25, -0.2) is 0 Å². The molecule has 0 aromatic heterocycles. The molecule has 54 valence electrons. The van der Waals surface area contributed by atoms with Crippen molar-refractivity contribution in [3.63, 3.8) is 0 Å². The first-order chi connectivity index (χ1) is 3.65. The summed E-state index contributed by atoms with van der Waals surface area (Å²) in [5, 5.41) is 7.42. The van der Waals surface area contributed by atoms with Crippen molar-refractivity contribution < 1.29 is 71.9 Å². The molecule has 0 saturated heterocycles. The molecular weight excluding hydrogens is 154 g/mol. The third-order valence-corrected chi connectivity index (χ3v) is 0.167. The first-order valence-corrected chi connectivity index (χ1v) is 2.24. The van der Waals surface area contributed by atoms with Crippen molar-refractivity contribution in [1.82, 2.24) is 0 Å². The van der Waals surface area contributed by atoms with Gasteiger partial charge in [-0.05, 0) is 0 Å². The van der Waals surface area contributed by atoms with E-state index in [1.807, 2.05) is 0 Å². The van der Waals surface area contributed by atoms with Crippen molar-refractivity contribution in [3.05, 3.63) is 0 Å². The molecule has 0 rings (SSSR count). The molecule has 0 fully saturated rings. The van der Waals surface area contributed by atoms with Gasteiger partial charge in [-0.2, -0.15) is 0 Å². The quantitative estimate of drug-likeness (QED) is 0.339. The molecule has 0 aromatic carbocycles. The number of nitrogens with two attached hydrogens (primary N) is 2. The summed E-state index contributed by atoms with van der Waals surface area (Å²) in [7, 11) is 0. The van der Waals surface area contributed by atoms with Crippen LogP contribution in [-0.2, 0) is 4.79 Å². The van der Waals surface area contributed by atoms with Crippen LogP contribution in [0.25, 0.3) is 0 Å². The Labute approximate surface area is 108 Å². The number of carboxylic acid groups (broad SMARTS) is 1. The summed E-state index contributed by atoms with van der Waals surface area (Å²) in [4.78, 5) is 9.00. The van der Waals surface area contributed by atoms with E-state index in [4.69, 9.17) is 21.4 Å². The molecular formula is C4H14N2Na2O2. The summed E-state index contributed by atoms with van der Waals surface area (Å²) in [5.41, 5.74) is 9.81. The van der Waals surface area contributed by atoms with Gasteiger partial charge in [0.1, 0.15) is 0 Å². The zero-order valence-corrected chi connectivity index (χ0v) is 10.9. The van der Waals surface area contributed by atoms with Crippen LogP contribution in [0.4, 0.5) is 0 Å². The smallest absolute Gasteiger partial charge is 1.00 e. The predicted molar refractivity (Wildman–Crippen MR) is 33.6 cm³/mol. The van der Waals surface area contributed by atoms with Crippen LogP contribution in [0.1, 0.15) is 9.78 Å². The van der Waals surface area contributed by atoms with Crippen LogP contribution in [0.3, 0.4) is 0 Å². The molecule has 0 aliphatic carbocycles. The van der Waals surface area contributed by atoms with Crippen molar-refractivity contribution in [2.24, 2.45) is 11.5 Å². The van der Waals surface area contributed by atoms with E-state index in [1.165, 1.54) is 0 Å². The molecule has 0 spiro atoms. The van der Waals surface area contributed by atoms with Crippen LogP contribution >= 0.6 is 0 Å². The van der Waals surface area contributed by atoms with E-state index in [-0.39, 0.29) is 62.0 Å². The molecule has 0 bridgehead atoms. The van der Waals surface area contributed by atoms with Gasteiger partial charge < -0.3 is 19.4 Å². The third kappa shape index (κ3) is 116. The Kier molecular flexibility index (Phi) is 50.5. The van der Waals surface area contributed by atoms with Gasteiger partial charge in [0.2, 0.25) is 0 Å². The average molecular weight is 168 g/mol. The minimum absolute atomic E-state index is 0. The summed E-state index contributed by atoms with van der Waals surface area (Å²) in [6.45, 7) is 2.28. The van der Waals surface area contributed by atoms with Crippen LogP contribution in [0.5, 0.6) is 0 Å². The number of hydrogen-bond donors (Lipinski definition) is 3. The zero-order valence-electron chi connectivity index (χ0n) is 8.92. The van der Waals surface area contributed by atoms with Crippen LogP contribution in [-0.4, -0.2) is 24.2 Å². The molecule has 6 heteroatoms. The standard InChI is InChI=1S/C2H8N2.C2H4O2.2Na.2H/c3-1-2-4;1-2(3)4;;;;/h1-4H2;1H3,(H,3,4);;;;/q;;2*+1;2*-1. The van der Waals surface area contributed by atoms with Crippen LogP contribution in [0.15, 0.2) is 0 Å². The fourth-order valence-corrected chi connectivity index (χ4v) is 0. The van der Waals surface area contributed by atoms with Crippen LogP contribution in [0, 0.1) is 0 Å². The summed E-state index contributed by atoms with van der Waals surface area (Å²) in [6.07, 6.45) is 0. The number of carboxylic acids is 1. The third-order valence-electron chi connectivity index (χ3n) is 0.167. The molecule has 4 nitrogen and oxygen atoms in total. The first kappa shape index (κ1) is 22.5. The van der Waals surface area contributed by atoms with Gasteiger partial charge in [-0.15, -0.1) is 0 Å². The summed E-state index contributed by atoms with van der Waals surface area (Å²) in [6, 6.07) is 0. The van der Waals surface area contributed by atoms with Gasteiger partial charge in [0.05, 0.1) is 0 Å². The minimum atomic E-state index is -0.833. The molecule has 0 radical (unpaired) electrons. The molecule has 0 saturated carbocycles. The molecule has 0 amide bonds. The van der Waals surface area contributed by atoms with E-state index in [9.17, 15) is 0 Å². The van der Waals surface area contributed by atoms with Crippen molar-refractivity contribution in [2.45, 2.75) is 6.92 Å². The molecule has 0 aromatic rings. The minimum Gasteiger partial charge on any atom is -1.00 e. The Hall–Kier alpha value is 1.39. The fourth-order valence-electron chi connectivity index (χ4n) is 0. The zero-order chi connectivity index (χ0) is 6.99. The molecule has 0 atom stereocenters. The SMILES string of the molecule is CC(=O)O.NCCN.[H-].[H-].[Na+].[Na+]. The van der Waals surface area contributed by atoms with Gasteiger partial charge >= 0.3 is 59.1 Å². The number of aliphatic carboxylic acids is 1. The first-order valence-electron chi connectivity index (χ1n) is 2.24. The molecule has 0 heterocycles. The topological polar surface area (TPSA) is 89.3 Å². The maximum atomic E-state index is 9.00. The molecule has 5 N–H and O–H groups in total. The summed E-state index contributed by atoms with van der Waals surface area (Å²) in [5.74, 6) is -0.833. The normalized spacial score (nSPS) is 5.50. The number of hydrogen-bond acceptors (Lipinski definition) is 3. The van der Waals surface area contributed by atoms with Crippen molar-refractivity contribution >= 4 is 5.97 Å². The Morgan fingerprint density at radius 1 is 1.40 bits per heavy atom. The Morgan fingerprint density at radius 3 is 1.50 bits per heavy atom. The van der Waals surface area contributed by atoms with Gasteiger partial charge in [-0.1, -0.05) is 0 Å². The number of carbonyl (C=O) groups is 1. The average Bonchev–Trinajstić information content (AvgIpc) is 1.65. The van der Waals surface area contributed by atoms with Gasteiger partial charge in [0, 0.05) is 20.0 Å². The van der Waals surface area contributed by atoms with Gasteiger partial charge in [0.15, 0.2) is 0 Å². The maximum Gasteiger partial charge on any atom is 1.00 e.